The summed E-state index contributed by atoms with van der Waals surface area (Å²) in [6.07, 6.45) is 0.670. The van der Waals surface area contributed by atoms with E-state index in [4.69, 9.17) is 37.1 Å². The Kier molecular flexibility index (Phi) is 8.28. The number of urea groups is 1. The maximum Gasteiger partial charge on any atom is 0.322 e. The number of furan rings is 1. The number of halogens is 2. The summed E-state index contributed by atoms with van der Waals surface area (Å²) in [5, 5.41) is 3.34. The Morgan fingerprint density at radius 3 is 2.56 bits per heavy atom. The summed E-state index contributed by atoms with van der Waals surface area (Å²) in [4.78, 5) is 29.7. The molecule has 0 radical (unpaired) electrons. The highest BCUT2D eigenvalue weighted by Gasteiger charge is 2.24. The van der Waals surface area contributed by atoms with Crippen LogP contribution in [0.25, 0.3) is 0 Å². The molecule has 2 heterocycles. The van der Waals surface area contributed by atoms with Crippen LogP contribution in [0.15, 0.2) is 52.9 Å². The fourth-order valence-corrected chi connectivity index (χ4v) is 4.18. The van der Waals surface area contributed by atoms with Crippen LogP contribution in [-0.4, -0.2) is 41.6 Å². The van der Waals surface area contributed by atoms with Crippen molar-refractivity contribution >= 4 is 40.8 Å². The molecule has 190 valence electrons. The smallest absolute Gasteiger partial charge is 0.322 e. The number of ether oxygens (including phenoxy) is 2. The third-order valence-electron chi connectivity index (χ3n) is 5.61. The lowest BCUT2D eigenvalue weighted by Gasteiger charge is -2.27. The van der Waals surface area contributed by atoms with Crippen LogP contribution in [0.4, 0.5) is 10.5 Å². The van der Waals surface area contributed by atoms with Gasteiger partial charge < -0.3 is 29.0 Å². The lowest BCUT2D eigenvalue weighted by molar-refractivity contribution is -0.133. The first-order valence-electron chi connectivity index (χ1n) is 11.6. The third-order valence-corrected chi connectivity index (χ3v) is 6.42. The number of fused-ring (bicyclic) bond motifs is 1. The molecule has 8 nitrogen and oxygen atoms in total. The topological polar surface area (TPSA) is 84.2 Å². The van der Waals surface area contributed by atoms with E-state index in [1.165, 1.54) is 4.90 Å². The van der Waals surface area contributed by atoms with Crippen molar-refractivity contribution in [3.05, 3.63) is 75.7 Å². The molecule has 1 aliphatic heterocycles. The van der Waals surface area contributed by atoms with Crippen molar-refractivity contribution in [3.8, 4) is 11.5 Å². The predicted octanol–water partition coefficient (Wildman–Crippen LogP) is 6.10. The van der Waals surface area contributed by atoms with E-state index in [0.717, 1.165) is 11.3 Å². The van der Waals surface area contributed by atoms with Gasteiger partial charge >= 0.3 is 6.03 Å². The first kappa shape index (κ1) is 25.7. The Morgan fingerprint density at radius 2 is 1.81 bits per heavy atom. The number of hydrogen-bond donors (Lipinski definition) is 1. The van der Waals surface area contributed by atoms with Gasteiger partial charge in [0.25, 0.3) is 0 Å². The van der Waals surface area contributed by atoms with Crippen LogP contribution in [0.2, 0.25) is 10.0 Å². The van der Waals surface area contributed by atoms with E-state index in [2.05, 4.69) is 5.32 Å². The van der Waals surface area contributed by atoms with Crippen molar-refractivity contribution in [1.82, 2.24) is 9.80 Å². The molecule has 0 atom stereocenters. The van der Waals surface area contributed by atoms with Crippen molar-refractivity contribution in [3.63, 3.8) is 0 Å². The van der Waals surface area contributed by atoms with Crippen molar-refractivity contribution in [2.24, 2.45) is 0 Å². The number of nitrogens with zero attached hydrogens (tertiary/aromatic N) is 2. The Bertz CT molecular complexity index is 1250. The normalized spacial score (nSPS) is 11.9. The summed E-state index contributed by atoms with van der Waals surface area (Å²) >= 11 is 12.3. The van der Waals surface area contributed by atoms with Gasteiger partial charge in [-0.15, -0.1) is 0 Å². The molecule has 0 saturated carbocycles. The molecule has 3 amide bonds. The second-order valence-corrected chi connectivity index (χ2v) is 9.19. The monoisotopic (exact) mass is 531 g/mol. The number of hydrogen-bond acceptors (Lipinski definition) is 5. The minimum Gasteiger partial charge on any atom is -0.464 e. The first-order valence-corrected chi connectivity index (χ1v) is 12.3. The van der Waals surface area contributed by atoms with E-state index in [0.29, 0.717) is 47.5 Å². The van der Waals surface area contributed by atoms with Crippen LogP contribution in [0.1, 0.15) is 30.4 Å². The molecule has 1 aliphatic rings. The number of anilines is 1. The second kappa shape index (κ2) is 11.6. The van der Waals surface area contributed by atoms with Crippen molar-refractivity contribution < 1.29 is 23.5 Å². The highest BCUT2D eigenvalue weighted by molar-refractivity contribution is 6.43. The van der Waals surface area contributed by atoms with Crippen LogP contribution in [0, 0.1) is 6.92 Å². The molecule has 4 rings (SSSR count). The van der Waals surface area contributed by atoms with Gasteiger partial charge in [0.15, 0.2) is 11.5 Å². The maximum absolute atomic E-state index is 13.5. The minimum absolute atomic E-state index is 0.123. The van der Waals surface area contributed by atoms with Gasteiger partial charge in [0.1, 0.15) is 18.1 Å². The van der Waals surface area contributed by atoms with Crippen molar-refractivity contribution in [2.45, 2.75) is 33.4 Å². The first-order chi connectivity index (χ1) is 17.3. The fraction of sp³-hybridized carbons (Fsp3) is 0.308. The molecule has 1 N–H and O–H groups in total. The van der Waals surface area contributed by atoms with Gasteiger partial charge in [-0.2, -0.15) is 0 Å². The summed E-state index contributed by atoms with van der Waals surface area (Å²) in [7, 11) is 0. The average molecular weight is 532 g/mol. The summed E-state index contributed by atoms with van der Waals surface area (Å²) in [5.74, 6) is 2.48. The van der Waals surface area contributed by atoms with Crippen LogP contribution >= 0.6 is 23.2 Å². The number of amides is 3. The lowest BCUT2D eigenvalue weighted by Crippen LogP contribution is -2.44. The van der Waals surface area contributed by atoms with Gasteiger partial charge in [-0.1, -0.05) is 42.3 Å². The minimum atomic E-state index is -0.439. The Balaban J connectivity index is 1.51. The number of carbonyl (C=O) groups excluding carboxylic acids is 2. The molecule has 0 saturated heterocycles. The zero-order chi connectivity index (χ0) is 25.7. The second-order valence-electron chi connectivity index (χ2n) is 8.40. The van der Waals surface area contributed by atoms with E-state index < -0.39 is 6.03 Å². The molecule has 0 fully saturated rings. The van der Waals surface area contributed by atoms with E-state index in [9.17, 15) is 9.59 Å². The van der Waals surface area contributed by atoms with E-state index >= 15 is 0 Å². The number of rotatable bonds is 9. The zero-order valence-corrected chi connectivity index (χ0v) is 21.6. The van der Waals surface area contributed by atoms with Gasteiger partial charge in [-0.05, 0) is 55.3 Å². The quantitative estimate of drug-likeness (QED) is 0.360. The van der Waals surface area contributed by atoms with E-state index in [1.807, 2.05) is 44.2 Å². The lowest BCUT2D eigenvalue weighted by atomic mass is 10.2. The maximum atomic E-state index is 13.5. The predicted molar refractivity (Wildman–Crippen MR) is 138 cm³/mol. The molecule has 0 aliphatic carbocycles. The average Bonchev–Trinajstić information content (AvgIpc) is 3.49. The fourth-order valence-electron chi connectivity index (χ4n) is 3.83. The van der Waals surface area contributed by atoms with Gasteiger partial charge in [0, 0.05) is 13.1 Å². The van der Waals surface area contributed by atoms with Crippen molar-refractivity contribution in [1.29, 1.82) is 0 Å². The molecule has 36 heavy (non-hydrogen) atoms. The van der Waals surface area contributed by atoms with Gasteiger partial charge in [0.05, 0.1) is 22.3 Å². The Morgan fingerprint density at radius 1 is 1.00 bits per heavy atom. The zero-order valence-electron chi connectivity index (χ0n) is 20.1. The van der Waals surface area contributed by atoms with Crippen LogP contribution < -0.4 is 14.8 Å². The molecule has 0 unspecified atom stereocenters. The molecule has 2 aromatic carbocycles. The van der Waals surface area contributed by atoms with Gasteiger partial charge in [-0.3, -0.25) is 4.79 Å². The van der Waals surface area contributed by atoms with E-state index in [-0.39, 0.29) is 30.8 Å². The van der Waals surface area contributed by atoms with Crippen LogP contribution in [0.5, 0.6) is 11.5 Å². The van der Waals surface area contributed by atoms with Gasteiger partial charge in [0.2, 0.25) is 12.7 Å². The molecule has 3 aromatic rings. The molecular weight excluding hydrogens is 505 g/mol. The van der Waals surface area contributed by atoms with E-state index in [1.54, 1.807) is 23.1 Å². The molecule has 0 spiro atoms. The molecular formula is C26H27Cl2N3O5. The summed E-state index contributed by atoms with van der Waals surface area (Å²) in [6, 6.07) is 13.8. The number of aryl methyl sites for hydroxylation is 1. The summed E-state index contributed by atoms with van der Waals surface area (Å²) in [5.41, 5.74) is 1.25. The standard InChI is InChI=1S/C26H27Cl2N3O5/c1-3-11-30(26(33)29-21-6-4-5-20(27)25(21)28)15-24(32)31(14-19-9-7-17(2)36-19)13-18-8-10-22-23(12-18)35-16-34-22/h4-10,12H,3,11,13-16H2,1-2H3,(H,29,33). The summed E-state index contributed by atoms with van der Waals surface area (Å²) < 4.78 is 16.6. The Hall–Kier alpha value is -3.36. The highest BCUT2D eigenvalue weighted by atomic mass is 35.5. The van der Waals surface area contributed by atoms with Crippen molar-refractivity contribution in [2.75, 3.05) is 25.2 Å². The Labute approximate surface area is 219 Å². The molecule has 1 aromatic heterocycles. The summed E-state index contributed by atoms with van der Waals surface area (Å²) in [6.45, 7) is 4.77. The molecule has 10 heteroatoms. The number of benzene rings is 2. The third kappa shape index (κ3) is 6.25. The number of carbonyl (C=O) groups is 2. The van der Waals surface area contributed by atoms with Crippen LogP contribution in [-0.2, 0) is 17.9 Å². The van der Waals surface area contributed by atoms with Gasteiger partial charge in [-0.25, -0.2) is 4.79 Å². The largest absolute Gasteiger partial charge is 0.464 e. The SMILES string of the molecule is CCCN(CC(=O)N(Cc1ccc2c(c1)OCO2)Cc1ccc(C)o1)C(=O)Nc1cccc(Cl)c1Cl. The van der Waals surface area contributed by atoms with Crippen LogP contribution in [0.3, 0.4) is 0 Å². The highest BCUT2D eigenvalue weighted by Crippen LogP contribution is 2.33. The number of nitrogens with one attached hydrogen (secondary N) is 1. The molecule has 0 bridgehead atoms.